The van der Waals surface area contributed by atoms with Gasteiger partial charge in [-0.15, -0.1) is 0 Å². The van der Waals surface area contributed by atoms with Gasteiger partial charge < -0.3 is 20.1 Å². The van der Waals surface area contributed by atoms with Crippen molar-refractivity contribution in [2.45, 2.75) is 31.3 Å². The Morgan fingerprint density at radius 1 is 1.67 bits per heavy atom. The molecule has 1 heterocycles. The van der Waals surface area contributed by atoms with E-state index in [2.05, 4.69) is 5.32 Å². The third kappa shape index (κ3) is 2.90. The van der Waals surface area contributed by atoms with Crippen LogP contribution in [0.25, 0.3) is 0 Å². The van der Waals surface area contributed by atoms with E-state index < -0.39 is 17.5 Å². The molecule has 2 amide bonds. The Labute approximate surface area is 105 Å². The molecule has 100 valence electrons. The largest absolute Gasteiger partial charge is 0.479 e. The van der Waals surface area contributed by atoms with Crippen LogP contribution >= 0.6 is 0 Å². The number of carbonyl (C=O) groups excluding carboxylic acids is 1. The summed E-state index contributed by atoms with van der Waals surface area (Å²) in [6.07, 6.45) is 0.440. The van der Waals surface area contributed by atoms with Crippen molar-refractivity contribution in [3.63, 3.8) is 0 Å². The summed E-state index contributed by atoms with van der Waals surface area (Å²) < 4.78 is 5.04. The maximum absolute atomic E-state index is 11.9. The molecule has 0 aliphatic carbocycles. The molecule has 0 bridgehead atoms. The van der Waals surface area contributed by atoms with Crippen LogP contribution in [0, 0.1) is 11.3 Å². The molecule has 2 unspecified atom stereocenters. The van der Waals surface area contributed by atoms with Gasteiger partial charge in [0.25, 0.3) is 0 Å². The minimum Gasteiger partial charge on any atom is -0.479 e. The Kier molecular flexibility index (Phi) is 4.50. The fourth-order valence-corrected chi connectivity index (χ4v) is 1.65. The quantitative estimate of drug-likeness (QED) is 0.745. The smallest absolute Gasteiger partial charge is 0.332 e. The van der Waals surface area contributed by atoms with Gasteiger partial charge in [0.15, 0.2) is 5.54 Å². The molecule has 7 nitrogen and oxygen atoms in total. The maximum atomic E-state index is 11.9. The number of carbonyl (C=O) groups is 2. The number of ether oxygens (including phenoxy) is 1. The van der Waals surface area contributed by atoms with Crippen LogP contribution in [0.4, 0.5) is 4.79 Å². The zero-order valence-electron chi connectivity index (χ0n) is 10.5. The van der Waals surface area contributed by atoms with Crippen molar-refractivity contribution in [1.29, 1.82) is 5.26 Å². The molecule has 0 saturated carbocycles. The first kappa shape index (κ1) is 14.3. The fourth-order valence-electron chi connectivity index (χ4n) is 1.65. The topological polar surface area (TPSA) is 103 Å². The molecule has 0 radical (unpaired) electrons. The van der Waals surface area contributed by atoms with Gasteiger partial charge in [0.2, 0.25) is 0 Å². The summed E-state index contributed by atoms with van der Waals surface area (Å²) in [5.74, 6) is -1.10. The van der Waals surface area contributed by atoms with Crippen LogP contribution in [-0.4, -0.2) is 53.8 Å². The average Bonchev–Trinajstić information content (AvgIpc) is 2.78. The Morgan fingerprint density at radius 2 is 2.33 bits per heavy atom. The molecule has 2 N–H and O–H groups in total. The van der Waals surface area contributed by atoms with Crippen LogP contribution < -0.4 is 5.32 Å². The first-order valence-corrected chi connectivity index (χ1v) is 5.66. The van der Waals surface area contributed by atoms with E-state index in [1.165, 1.54) is 11.9 Å². The fraction of sp³-hybridized carbons (Fsp3) is 0.727. The molecule has 1 aliphatic rings. The monoisotopic (exact) mass is 255 g/mol. The summed E-state index contributed by atoms with van der Waals surface area (Å²) >= 11 is 0. The summed E-state index contributed by atoms with van der Waals surface area (Å²) in [5, 5.41) is 20.2. The number of carboxylic acid groups (broad SMARTS) is 1. The van der Waals surface area contributed by atoms with Crippen molar-refractivity contribution in [3.05, 3.63) is 0 Å². The highest BCUT2D eigenvalue weighted by Crippen LogP contribution is 2.19. The molecule has 18 heavy (non-hydrogen) atoms. The van der Waals surface area contributed by atoms with E-state index in [9.17, 15) is 14.7 Å². The first-order chi connectivity index (χ1) is 8.43. The van der Waals surface area contributed by atoms with Crippen molar-refractivity contribution in [2.24, 2.45) is 0 Å². The molecule has 1 rings (SSSR count). The normalized spacial score (nSPS) is 24.1. The van der Waals surface area contributed by atoms with Crippen LogP contribution in [0.1, 0.15) is 19.8 Å². The maximum Gasteiger partial charge on any atom is 0.332 e. The number of carboxylic acids is 1. The number of hydrogen-bond acceptors (Lipinski definition) is 4. The lowest BCUT2D eigenvalue weighted by molar-refractivity contribution is -0.144. The number of nitrogens with one attached hydrogen (secondary N) is 1. The van der Waals surface area contributed by atoms with Gasteiger partial charge in [-0.3, -0.25) is 0 Å². The lowest BCUT2D eigenvalue weighted by Gasteiger charge is -2.29. The van der Waals surface area contributed by atoms with Crippen molar-refractivity contribution in [2.75, 3.05) is 20.3 Å². The minimum absolute atomic E-state index is 0.0332. The number of amides is 2. The number of rotatable bonds is 4. The van der Waals surface area contributed by atoms with Gasteiger partial charge in [-0.05, 0) is 6.92 Å². The standard InChI is InChI=1S/C11H17N3O4/c1-8(3-5-12)14(2)10(17)13-11(9(15)16)4-6-18-7-11/h8H,3-4,6-7H2,1-2H3,(H,13,17)(H,15,16). The second kappa shape index (κ2) is 5.69. The summed E-state index contributed by atoms with van der Waals surface area (Å²) in [6, 6.07) is 1.18. The molecule has 2 atom stereocenters. The molecule has 0 aromatic heterocycles. The number of nitriles is 1. The highest BCUT2D eigenvalue weighted by Gasteiger charge is 2.44. The van der Waals surface area contributed by atoms with Crippen molar-refractivity contribution in [3.8, 4) is 6.07 Å². The highest BCUT2D eigenvalue weighted by atomic mass is 16.5. The van der Waals surface area contributed by atoms with Crippen LogP contribution in [0.2, 0.25) is 0 Å². The van der Waals surface area contributed by atoms with Gasteiger partial charge >= 0.3 is 12.0 Å². The zero-order chi connectivity index (χ0) is 13.8. The van der Waals surface area contributed by atoms with Crippen LogP contribution in [0.5, 0.6) is 0 Å². The lowest BCUT2D eigenvalue weighted by atomic mass is 9.99. The lowest BCUT2D eigenvalue weighted by Crippen LogP contribution is -2.58. The zero-order valence-corrected chi connectivity index (χ0v) is 10.5. The first-order valence-electron chi connectivity index (χ1n) is 5.66. The Hall–Kier alpha value is -1.81. The molecule has 1 aliphatic heterocycles. The second-order valence-corrected chi connectivity index (χ2v) is 4.44. The summed E-state index contributed by atoms with van der Waals surface area (Å²) in [5.41, 5.74) is -1.35. The van der Waals surface area contributed by atoms with E-state index in [4.69, 9.17) is 10.00 Å². The number of nitrogens with zero attached hydrogens (tertiary/aromatic N) is 2. The highest BCUT2D eigenvalue weighted by molar-refractivity contribution is 5.86. The van der Waals surface area contributed by atoms with Gasteiger partial charge in [-0.25, -0.2) is 9.59 Å². The van der Waals surface area contributed by atoms with E-state index in [0.717, 1.165) is 0 Å². The van der Waals surface area contributed by atoms with Crippen LogP contribution in [0.3, 0.4) is 0 Å². The molecule has 0 aromatic rings. The average molecular weight is 255 g/mol. The van der Waals surface area contributed by atoms with Gasteiger partial charge in [0, 0.05) is 26.1 Å². The SMILES string of the molecule is CC(CC#N)N(C)C(=O)NC1(C(=O)O)CCOC1. The van der Waals surface area contributed by atoms with Crippen molar-refractivity contribution >= 4 is 12.0 Å². The Bertz CT molecular complexity index is 371. The van der Waals surface area contributed by atoms with Gasteiger partial charge in [-0.2, -0.15) is 5.26 Å². The molecular weight excluding hydrogens is 238 g/mol. The third-order valence-corrected chi connectivity index (χ3v) is 3.15. The van der Waals surface area contributed by atoms with E-state index in [-0.39, 0.29) is 25.5 Å². The van der Waals surface area contributed by atoms with E-state index >= 15 is 0 Å². The Balaban J connectivity index is 2.68. The number of hydrogen-bond donors (Lipinski definition) is 2. The van der Waals surface area contributed by atoms with Crippen LogP contribution in [-0.2, 0) is 9.53 Å². The summed E-state index contributed by atoms with van der Waals surface area (Å²) in [7, 11) is 1.53. The summed E-state index contributed by atoms with van der Waals surface area (Å²) in [4.78, 5) is 24.4. The molecule has 7 heteroatoms. The van der Waals surface area contributed by atoms with E-state index in [1.807, 2.05) is 6.07 Å². The van der Waals surface area contributed by atoms with Crippen molar-refractivity contribution < 1.29 is 19.4 Å². The minimum atomic E-state index is -1.35. The molecule has 0 spiro atoms. The second-order valence-electron chi connectivity index (χ2n) is 4.44. The predicted molar refractivity (Wildman–Crippen MR) is 61.8 cm³/mol. The number of aliphatic carboxylic acids is 1. The van der Waals surface area contributed by atoms with E-state index in [0.29, 0.717) is 6.61 Å². The van der Waals surface area contributed by atoms with Crippen LogP contribution in [0.15, 0.2) is 0 Å². The predicted octanol–water partition coefficient (Wildman–Crippen LogP) is 0.174. The third-order valence-electron chi connectivity index (χ3n) is 3.15. The molecule has 0 aromatic carbocycles. The number of urea groups is 1. The van der Waals surface area contributed by atoms with Gasteiger partial charge in [0.05, 0.1) is 19.1 Å². The summed E-state index contributed by atoms with van der Waals surface area (Å²) in [6.45, 7) is 2.00. The molecule has 1 saturated heterocycles. The van der Waals surface area contributed by atoms with Crippen molar-refractivity contribution in [1.82, 2.24) is 10.2 Å². The van der Waals surface area contributed by atoms with Gasteiger partial charge in [-0.1, -0.05) is 0 Å². The Morgan fingerprint density at radius 3 is 2.78 bits per heavy atom. The van der Waals surface area contributed by atoms with Gasteiger partial charge in [0.1, 0.15) is 0 Å². The molecular formula is C11H17N3O4. The molecule has 1 fully saturated rings. The van der Waals surface area contributed by atoms with E-state index in [1.54, 1.807) is 6.92 Å².